The minimum atomic E-state index is -0.605. The summed E-state index contributed by atoms with van der Waals surface area (Å²) < 4.78 is 0. The van der Waals surface area contributed by atoms with Crippen LogP contribution in [0.1, 0.15) is 38.5 Å². The summed E-state index contributed by atoms with van der Waals surface area (Å²) in [4.78, 5) is 22.7. The number of carbonyl (C=O) groups excluding carboxylic acids is 2. The van der Waals surface area contributed by atoms with Crippen molar-refractivity contribution < 1.29 is 9.59 Å². The lowest BCUT2D eigenvalue weighted by atomic mass is 10.0. The topological polar surface area (TPSA) is 72.2 Å². The Balaban J connectivity index is 2.35. The maximum absolute atomic E-state index is 11.6. The Hall–Kier alpha value is -1.32. The Labute approximate surface area is 96.3 Å². The van der Waals surface area contributed by atoms with Crippen LogP contribution in [0.15, 0.2) is 12.7 Å². The minimum Gasteiger partial charge on any atom is -0.368 e. The minimum absolute atomic E-state index is 0.0717. The SMILES string of the molecule is C=CC[C@H](NC(=O)CC1CCCC1)C(N)=O. The van der Waals surface area contributed by atoms with E-state index in [-0.39, 0.29) is 5.91 Å². The monoisotopic (exact) mass is 224 g/mol. The molecule has 1 aliphatic rings. The predicted octanol–water partition coefficient (Wildman–Crippen LogP) is 1.11. The number of nitrogens with two attached hydrogens (primary N) is 1. The van der Waals surface area contributed by atoms with Crippen LogP contribution in [0.2, 0.25) is 0 Å². The molecule has 0 saturated heterocycles. The van der Waals surface area contributed by atoms with Gasteiger partial charge in [0.1, 0.15) is 6.04 Å². The van der Waals surface area contributed by atoms with Crippen molar-refractivity contribution in [2.24, 2.45) is 11.7 Å². The smallest absolute Gasteiger partial charge is 0.240 e. The Morgan fingerprint density at radius 3 is 2.56 bits per heavy atom. The van der Waals surface area contributed by atoms with Gasteiger partial charge in [-0.05, 0) is 25.2 Å². The third-order valence-corrected chi connectivity index (χ3v) is 3.03. The highest BCUT2D eigenvalue weighted by Crippen LogP contribution is 2.27. The van der Waals surface area contributed by atoms with Gasteiger partial charge in [-0.3, -0.25) is 9.59 Å². The third kappa shape index (κ3) is 4.04. The van der Waals surface area contributed by atoms with E-state index in [0.717, 1.165) is 12.8 Å². The van der Waals surface area contributed by atoms with Crippen molar-refractivity contribution in [3.63, 3.8) is 0 Å². The molecule has 0 radical (unpaired) electrons. The molecule has 0 aliphatic heterocycles. The molecule has 16 heavy (non-hydrogen) atoms. The molecule has 2 amide bonds. The normalized spacial score (nSPS) is 18.0. The fraction of sp³-hybridized carbons (Fsp3) is 0.667. The van der Waals surface area contributed by atoms with E-state index < -0.39 is 11.9 Å². The van der Waals surface area contributed by atoms with Gasteiger partial charge in [0.2, 0.25) is 11.8 Å². The van der Waals surface area contributed by atoms with Crippen molar-refractivity contribution in [3.8, 4) is 0 Å². The molecular weight excluding hydrogens is 204 g/mol. The number of nitrogens with one attached hydrogen (secondary N) is 1. The molecule has 0 aromatic rings. The van der Waals surface area contributed by atoms with E-state index >= 15 is 0 Å². The lowest BCUT2D eigenvalue weighted by Crippen LogP contribution is -2.44. The van der Waals surface area contributed by atoms with Crippen molar-refractivity contribution in [2.75, 3.05) is 0 Å². The molecule has 90 valence electrons. The van der Waals surface area contributed by atoms with Crippen molar-refractivity contribution in [2.45, 2.75) is 44.6 Å². The summed E-state index contributed by atoms with van der Waals surface area (Å²) in [6.45, 7) is 3.53. The first kappa shape index (κ1) is 12.7. The second-order valence-electron chi connectivity index (χ2n) is 4.40. The largest absolute Gasteiger partial charge is 0.368 e. The molecule has 0 unspecified atom stereocenters. The summed E-state index contributed by atoms with van der Waals surface area (Å²) in [6.07, 6.45) is 7.16. The predicted molar refractivity (Wildman–Crippen MR) is 62.5 cm³/mol. The van der Waals surface area contributed by atoms with Crippen molar-refractivity contribution in [3.05, 3.63) is 12.7 Å². The lowest BCUT2D eigenvalue weighted by Gasteiger charge is -2.15. The van der Waals surface area contributed by atoms with Gasteiger partial charge in [-0.25, -0.2) is 0 Å². The Kier molecular flexibility index (Phi) is 5.02. The number of primary amides is 1. The first-order valence-corrected chi connectivity index (χ1v) is 5.83. The molecule has 3 N–H and O–H groups in total. The zero-order valence-corrected chi connectivity index (χ0v) is 9.58. The number of hydrogen-bond acceptors (Lipinski definition) is 2. The summed E-state index contributed by atoms with van der Waals surface area (Å²) in [6, 6.07) is -0.605. The van der Waals surface area contributed by atoms with Crippen molar-refractivity contribution in [1.82, 2.24) is 5.32 Å². The van der Waals surface area contributed by atoms with Gasteiger partial charge in [-0.15, -0.1) is 6.58 Å². The van der Waals surface area contributed by atoms with Gasteiger partial charge in [-0.1, -0.05) is 18.9 Å². The summed E-state index contributed by atoms with van der Waals surface area (Å²) in [5, 5.41) is 2.66. The molecule has 0 aromatic heterocycles. The van der Waals surface area contributed by atoms with Crippen LogP contribution in [-0.4, -0.2) is 17.9 Å². The molecule has 1 saturated carbocycles. The molecule has 0 spiro atoms. The maximum atomic E-state index is 11.6. The van der Waals surface area contributed by atoms with E-state index in [2.05, 4.69) is 11.9 Å². The van der Waals surface area contributed by atoms with Gasteiger partial charge in [-0.2, -0.15) is 0 Å². The Bertz CT molecular complexity index is 270. The van der Waals surface area contributed by atoms with Gasteiger partial charge in [0.15, 0.2) is 0 Å². The van der Waals surface area contributed by atoms with Crippen LogP contribution in [0.3, 0.4) is 0 Å². The zero-order chi connectivity index (χ0) is 12.0. The van der Waals surface area contributed by atoms with Gasteiger partial charge >= 0.3 is 0 Å². The highest BCUT2D eigenvalue weighted by atomic mass is 16.2. The van der Waals surface area contributed by atoms with Crippen molar-refractivity contribution >= 4 is 11.8 Å². The second kappa shape index (κ2) is 6.30. The average molecular weight is 224 g/mol. The van der Waals surface area contributed by atoms with Gasteiger partial charge in [0.25, 0.3) is 0 Å². The fourth-order valence-electron chi connectivity index (χ4n) is 2.14. The van der Waals surface area contributed by atoms with E-state index in [9.17, 15) is 9.59 Å². The summed E-state index contributed by atoms with van der Waals surface area (Å²) in [5.41, 5.74) is 5.18. The summed E-state index contributed by atoms with van der Waals surface area (Å²) >= 11 is 0. The molecule has 0 aromatic carbocycles. The number of rotatable bonds is 6. The fourth-order valence-corrected chi connectivity index (χ4v) is 2.14. The molecule has 0 bridgehead atoms. The Morgan fingerprint density at radius 2 is 2.06 bits per heavy atom. The van der Waals surface area contributed by atoms with E-state index in [4.69, 9.17) is 5.73 Å². The third-order valence-electron chi connectivity index (χ3n) is 3.03. The van der Waals surface area contributed by atoms with E-state index in [1.807, 2.05) is 0 Å². The Morgan fingerprint density at radius 1 is 1.44 bits per heavy atom. The number of hydrogen-bond donors (Lipinski definition) is 2. The van der Waals surface area contributed by atoms with Crippen LogP contribution in [0.25, 0.3) is 0 Å². The second-order valence-corrected chi connectivity index (χ2v) is 4.40. The van der Waals surface area contributed by atoms with Gasteiger partial charge in [0, 0.05) is 6.42 Å². The van der Waals surface area contributed by atoms with Crippen molar-refractivity contribution in [1.29, 1.82) is 0 Å². The molecule has 4 nitrogen and oxygen atoms in total. The first-order valence-electron chi connectivity index (χ1n) is 5.83. The average Bonchev–Trinajstić information content (AvgIpc) is 2.69. The van der Waals surface area contributed by atoms with Crippen LogP contribution < -0.4 is 11.1 Å². The van der Waals surface area contributed by atoms with E-state index in [1.165, 1.54) is 12.8 Å². The highest BCUT2D eigenvalue weighted by molar-refractivity contribution is 5.86. The number of carbonyl (C=O) groups is 2. The van der Waals surface area contributed by atoms with Crippen LogP contribution >= 0.6 is 0 Å². The number of amides is 2. The summed E-state index contributed by atoms with van der Waals surface area (Å²) in [5.74, 6) is -0.0884. The van der Waals surface area contributed by atoms with Crippen LogP contribution in [0, 0.1) is 5.92 Å². The molecule has 1 atom stereocenters. The van der Waals surface area contributed by atoms with Crippen LogP contribution in [-0.2, 0) is 9.59 Å². The zero-order valence-electron chi connectivity index (χ0n) is 9.58. The van der Waals surface area contributed by atoms with Gasteiger partial charge < -0.3 is 11.1 Å². The first-order chi connectivity index (χ1) is 7.63. The summed E-state index contributed by atoms with van der Waals surface area (Å²) in [7, 11) is 0. The standard InChI is InChI=1S/C12H20N2O2/c1-2-5-10(12(13)16)14-11(15)8-9-6-3-4-7-9/h2,9-10H,1,3-8H2,(H2,13,16)(H,14,15)/t10-/m0/s1. The van der Waals surface area contributed by atoms with Gasteiger partial charge in [0.05, 0.1) is 0 Å². The van der Waals surface area contributed by atoms with E-state index in [0.29, 0.717) is 18.8 Å². The van der Waals surface area contributed by atoms with E-state index in [1.54, 1.807) is 6.08 Å². The highest BCUT2D eigenvalue weighted by Gasteiger charge is 2.21. The molecule has 4 heteroatoms. The molecule has 1 fully saturated rings. The maximum Gasteiger partial charge on any atom is 0.240 e. The van der Waals surface area contributed by atoms with Crippen LogP contribution in [0.5, 0.6) is 0 Å². The molecule has 1 aliphatic carbocycles. The molecule has 1 rings (SSSR count). The lowest BCUT2D eigenvalue weighted by molar-refractivity contribution is -0.127. The van der Waals surface area contributed by atoms with Crippen LogP contribution in [0.4, 0.5) is 0 Å². The molecule has 0 heterocycles. The quantitative estimate of drug-likeness (QED) is 0.663. The molecular formula is C12H20N2O2.